The Morgan fingerprint density at radius 2 is 1.63 bits per heavy atom. The number of rotatable bonds is 5. The van der Waals surface area contributed by atoms with Crippen LogP contribution in [-0.2, 0) is 0 Å². The first kappa shape index (κ1) is 17.1. The number of hydrogen-bond donors (Lipinski definition) is 2. The zero-order valence-electron chi connectivity index (χ0n) is 14.4. The molecule has 1 amide bonds. The first-order valence-corrected chi connectivity index (χ1v) is 9.34. The maximum absolute atomic E-state index is 12.5. The lowest BCUT2D eigenvalue weighted by Crippen LogP contribution is -2.11. The molecule has 0 aliphatic rings. The zero-order chi connectivity index (χ0) is 18.5. The van der Waals surface area contributed by atoms with E-state index in [-0.39, 0.29) is 5.91 Å². The van der Waals surface area contributed by atoms with E-state index in [2.05, 4.69) is 15.0 Å². The molecule has 0 radical (unpaired) electrons. The maximum atomic E-state index is 12.5. The summed E-state index contributed by atoms with van der Waals surface area (Å²) in [4.78, 5) is 17.8. The standard InChI is InChI=1S/C22H17N3OS/c26-22(17-8-13-21-16(15-17)5-4-14-23-21)24-18-9-11-20(12-10-18)27-25-19-6-2-1-3-7-19/h1-15,25H,(H,24,26). The number of aromatic nitrogens is 1. The van der Waals surface area contributed by atoms with Crippen molar-refractivity contribution in [2.45, 2.75) is 4.90 Å². The Labute approximate surface area is 161 Å². The Morgan fingerprint density at radius 1 is 0.815 bits per heavy atom. The van der Waals surface area contributed by atoms with Gasteiger partial charge in [-0.2, -0.15) is 0 Å². The summed E-state index contributed by atoms with van der Waals surface area (Å²) < 4.78 is 3.29. The molecule has 3 aromatic carbocycles. The van der Waals surface area contributed by atoms with Gasteiger partial charge in [0, 0.05) is 33.4 Å². The van der Waals surface area contributed by atoms with Crippen molar-refractivity contribution in [2.24, 2.45) is 0 Å². The van der Waals surface area contributed by atoms with Gasteiger partial charge in [-0.15, -0.1) is 0 Å². The number of para-hydroxylation sites is 1. The lowest BCUT2D eigenvalue weighted by Gasteiger charge is -2.08. The number of fused-ring (bicyclic) bond motifs is 1. The summed E-state index contributed by atoms with van der Waals surface area (Å²) in [6.07, 6.45) is 1.74. The second kappa shape index (κ2) is 7.93. The van der Waals surface area contributed by atoms with Gasteiger partial charge in [0.25, 0.3) is 5.91 Å². The van der Waals surface area contributed by atoms with Crippen LogP contribution in [0, 0.1) is 0 Å². The summed E-state index contributed by atoms with van der Waals surface area (Å²) in [5.41, 5.74) is 3.29. The molecule has 4 nitrogen and oxygen atoms in total. The molecule has 0 aliphatic heterocycles. The summed E-state index contributed by atoms with van der Waals surface area (Å²) in [5.74, 6) is -0.136. The smallest absolute Gasteiger partial charge is 0.255 e. The minimum atomic E-state index is -0.136. The van der Waals surface area contributed by atoms with E-state index in [1.807, 2.05) is 78.9 Å². The van der Waals surface area contributed by atoms with Crippen LogP contribution in [-0.4, -0.2) is 10.9 Å². The van der Waals surface area contributed by atoms with Crippen molar-refractivity contribution in [1.29, 1.82) is 0 Å². The van der Waals surface area contributed by atoms with Gasteiger partial charge in [0.2, 0.25) is 0 Å². The van der Waals surface area contributed by atoms with Crippen LogP contribution < -0.4 is 10.0 Å². The predicted octanol–water partition coefficient (Wildman–Crippen LogP) is 5.61. The van der Waals surface area contributed by atoms with Crippen molar-refractivity contribution in [3.05, 3.63) is 96.7 Å². The summed E-state index contributed by atoms with van der Waals surface area (Å²) in [6.45, 7) is 0. The molecule has 1 aromatic heterocycles. The first-order valence-electron chi connectivity index (χ1n) is 8.52. The Kier molecular flexibility index (Phi) is 5.03. The number of amides is 1. The first-order chi connectivity index (χ1) is 13.3. The minimum Gasteiger partial charge on any atom is -0.326 e. The molecule has 0 unspecified atom stereocenters. The topological polar surface area (TPSA) is 54.0 Å². The molecule has 0 aliphatic carbocycles. The second-order valence-corrected chi connectivity index (χ2v) is 6.84. The van der Waals surface area contributed by atoms with Gasteiger partial charge in [0.05, 0.1) is 5.52 Å². The molecule has 2 N–H and O–H groups in total. The average Bonchev–Trinajstić information content (AvgIpc) is 2.73. The highest BCUT2D eigenvalue weighted by molar-refractivity contribution is 8.00. The predicted molar refractivity (Wildman–Crippen MR) is 112 cm³/mol. The molecule has 0 atom stereocenters. The van der Waals surface area contributed by atoms with Gasteiger partial charge in [-0.1, -0.05) is 24.3 Å². The zero-order valence-corrected chi connectivity index (χ0v) is 15.2. The van der Waals surface area contributed by atoms with Gasteiger partial charge in [0.15, 0.2) is 0 Å². The summed E-state index contributed by atoms with van der Waals surface area (Å²) in [7, 11) is 0. The van der Waals surface area contributed by atoms with Crippen LogP contribution in [0.5, 0.6) is 0 Å². The molecule has 4 aromatic rings. The van der Waals surface area contributed by atoms with E-state index in [1.54, 1.807) is 12.3 Å². The molecule has 27 heavy (non-hydrogen) atoms. The fourth-order valence-electron chi connectivity index (χ4n) is 2.65. The van der Waals surface area contributed by atoms with Crippen molar-refractivity contribution < 1.29 is 4.79 Å². The average molecular weight is 371 g/mol. The SMILES string of the molecule is O=C(Nc1ccc(SNc2ccccc2)cc1)c1ccc2ncccc2c1. The Morgan fingerprint density at radius 3 is 2.44 bits per heavy atom. The van der Waals surface area contributed by atoms with Gasteiger partial charge in [-0.05, 0) is 72.6 Å². The number of benzene rings is 3. The molecular weight excluding hydrogens is 354 g/mol. The largest absolute Gasteiger partial charge is 0.326 e. The number of hydrogen-bond acceptors (Lipinski definition) is 4. The van der Waals surface area contributed by atoms with Crippen LogP contribution >= 0.6 is 11.9 Å². The van der Waals surface area contributed by atoms with E-state index >= 15 is 0 Å². The number of pyridine rings is 1. The van der Waals surface area contributed by atoms with Crippen LogP contribution in [0.25, 0.3) is 10.9 Å². The van der Waals surface area contributed by atoms with Gasteiger partial charge in [-0.25, -0.2) is 0 Å². The lowest BCUT2D eigenvalue weighted by molar-refractivity contribution is 0.102. The van der Waals surface area contributed by atoms with E-state index in [4.69, 9.17) is 0 Å². The maximum Gasteiger partial charge on any atom is 0.255 e. The number of nitrogens with one attached hydrogen (secondary N) is 2. The Hall–Kier alpha value is -3.31. The summed E-state index contributed by atoms with van der Waals surface area (Å²) >= 11 is 1.53. The summed E-state index contributed by atoms with van der Waals surface area (Å²) in [5, 5.41) is 3.88. The van der Waals surface area contributed by atoms with E-state index < -0.39 is 0 Å². The third-order valence-corrected chi connectivity index (χ3v) is 4.88. The number of anilines is 2. The van der Waals surface area contributed by atoms with Gasteiger partial charge in [-0.3, -0.25) is 9.78 Å². The van der Waals surface area contributed by atoms with Crippen molar-refractivity contribution in [1.82, 2.24) is 4.98 Å². The lowest BCUT2D eigenvalue weighted by atomic mass is 10.1. The van der Waals surface area contributed by atoms with E-state index in [0.29, 0.717) is 5.56 Å². The molecule has 5 heteroatoms. The van der Waals surface area contributed by atoms with Crippen LogP contribution in [0.1, 0.15) is 10.4 Å². The molecule has 0 saturated heterocycles. The highest BCUT2D eigenvalue weighted by Crippen LogP contribution is 2.23. The quantitative estimate of drug-likeness (QED) is 0.448. The molecule has 0 saturated carbocycles. The van der Waals surface area contributed by atoms with E-state index in [1.165, 1.54) is 11.9 Å². The third-order valence-electron chi connectivity index (χ3n) is 4.04. The van der Waals surface area contributed by atoms with Gasteiger partial charge in [0.1, 0.15) is 0 Å². The fourth-order valence-corrected chi connectivity index (χ4v) is 3.29. The van der Waals surface area contributed by atoms with Gasteiger partial charge >= 0.3 is 0 Å². The van der Waals surface area contributed by atoms with Crippen molar-refractivity contribution in [3.63, 3.8) is 0 Å². The van der Waals surface area contributed by atoms with Crippen molar-refractivity contribution >= 4 is 40.1 Å². The molecule has 1 heterocycles. The van der Waals surface area contributed by atoms with Crippen LogP contribution in [0.15, 0.2) is 96.0 Å². The van der Waals surface area contributed by atoms with E-state index in [0.717, 1.165) is 27.2 Å². The molecule has 0 fully saturated rings. The van der Waals surface area contributed by atoms with Crippen LogP contribution in [0.2, 0.25) is 0 Å². The monoisotopic (exact) mass is 371 g/mol. The van der Waals surface area contributed by atoms with E-state index in [9.17, 15) is 4.79 Å². The highest BCUT2D eigenvalue weighted by Gasteiger charge is 2.07. The molecule has 132 valence electrons. The highest BCUT2D eigenvalue weighted by atomic mass is 32.2. The molecule has 0 bridgehead atoms. The third kappa shape index (κ3) is 4.27. The normalized spacial score (nSPS) is 10.5. The second-order valence-electron chi connectivity index (χ2n) is 5.96. The number of carbonyl (C=O) groups excluding carboxylic acids is 1. The molecule has 4 rings (SSSR count). The van der Waals surface area contributed by atoms with Crippen molar-refractivity contribution in [3.8, 4) is 0 Å². The van der Waals surface area contributed by atoms with Crippen LogP contribution in [0.4, 0.5) is 11.4 Å². The Balaban J connectivity index is 1.40. The number of nitrogens with zero attached hydrogens (tertiary/aromatic N) is 1. The number of carbonyl (C=O) groups is 1. The Bertz CT molecular complexity index is 1070. The fraction of sp³-hybridized carbons (Fsp3) is 0. The molecule has 0 spiro atoms. The minimum absolute atomic E-state index is 0.136. The summed E-state index contributed by atoms with van der Waals surface area (Å²) in [6, 6.07) is 27.1. The van der Waals surface area contributed by atoms with Gasteiger partial charge < -0.3 is 10.0 Å². The van der Waals surface area contributed by atoms with Crippen molar-refractivity contribution in [2.75, 3.05) is 10.0 Å². The molecular formula is C22H17N3OS. The van der Waals surface area contributed by atoms with Crippen LogP contribution in [0.3, 0.4) is 0 Å².